The highest BCUT2D eigenvalue weighted by atomic mass is 32.2. The van der Waals surface area contributed by atoms with E-state index in [4.69, 9.17) is 0 Å². The van der Waals surface area contributed by atoms with Gasteiger partial charge in [-0.1, -0.05) is 56.9 Å². The zero-order valence-electron chi connectivity index (χ0n) is 12.6. The van der Waals surface area contributed by atoms with Gasteiger partial charge in [-0.15, -0.1) is 16.8 Å². The summed E-state index contributed by atoms with van der Waals surface area (Å²) in [6, 6.07) is 0. The number of hydrogen-bond donors (Lipinski definition) is 1. The highest BCUT2D eigenvalue weighted by Gasteiger charge is 2.18. The van der Waals surface area contributed by atoms with Gasteiger partial charge in [-0.05, 0) is 17.8 Å². The number of carbonyl (C=O) groups excluding carboxylic acids is 1. The van der Waals surface area contributed by atoms with Crippen LogP contribution in [0.5, 0.6) is 0 Å². The van der Waals surface area contributed by atoms with Crippen molar-refractivity contribution in [2.24, 2.45) is 11.3 Å². The summed E-state index contributed by atoms with van der Waals surface area (Å²) in [5.74, 6) is 1.17. The van der Waals surface area contributed by atoms with E-state index in [2.05, 4.69) is 49.8 Å². The van der Waals surface area contributed by atoms with E-state index < -0.39 is 0 Å². The number of nitrogens with zero attached hydrogens (tertiary/aromatic N) is 2. The number of amides is 1. The molecule has 0 aliphatic carbocycles. The van der Waals surface area contributed by atoms with E-state index >= 15 is 0 Å². The van der Waals surface area contributed by atoms with E-state index in [0.717, 1.165) is 16.5 Å². The second-order valence-corrected chi connectivity index (χ2v) is 8.34. The fraction of sp³-hybridized carbons (Fsp3) is 0.643. The van der Waals surface area contributed by atoms with E-state index in [-0.39, 0.29) is 11.3 Å². The van der Waals surface area contributed by atoms with Gasteiger partial charge in [0.25, 0.3) is 0 Å². The van der Waals surface area contributed by atoms with Crippen molar-refractivity contribution in [3.8, 4) is 0 Å². The van der Waals surface area contributed by atoms with Crippen LogP contribution < -0.4 is 5.32 Å². The third kappa shape index (κ3) is 7.05. The molecule has 0 spiro atoms. The molecule has 1 amide bonds. The number of hydrogen-bond acceptors (Lipinski definition) is 5. The normalized spacial score (nSPS) is 13.0. The molecule has 1 N–H and O–H groups in total. The van der Waals surface area contributed by atoms with Crippen LogP contribution in [0, 0.1) is 11.3 Å². The first-order valence-electron chi connectivity index (χ1n) is 6.67. The van der Waals surface area contributed by atoms with Gasteiger partial charge in [0.2, 0.25) is 11.0 Å². The third-order valence-corrected chi connectivity index (χ3v) is 4.44. The first-order valence-corrected chi connectivity index (χ1v) is 8.47. The highest BCUT2D eigenvalue weighted by molar-refractivity contribution is 8.01. The number of aromatic nitrogens is 2. The van der Waals surface area contributed by atoms with E-state index in [1.165, 1.54) is 11.3 Å². The second-order valence-electron chi connectivity index (χ2n) is 6.10. The summed E-state index contributed by atoms with van der Waals surface area (Å²) in [5.41, 5.74) is 0.247. The minimum atomic E-state index is 0.0122. The maximum atomic E-state index is 11.9. The van der Waals surface area contributed by atoms with Crippen molar-refractivity contribution >= 4 is 34.1 Å². The lowest BCUT2D eigenvalue weighted by Gasteiger charge is -2.22. The molecule has 1 aromatic rings. The van der Waals surface area contributed by atoms with Crippen molar-refractivity contribution in [2.75, 3.05) is 11.1 Å². The Labute approximate surface area is 129 Å². The molecule has 20 heavy (non-hydrogen) atoms. The largest absolute Gasteiger partial charge is 0.300 e. The fourth-order valence-electron chi connectivity index (χ4n) is 2.05. The summed E-state index contributed by atoms with van der Waals surface area (Å²) < 4.78 is 0.850. The zero-order valence-corrected chi connectivity index (χ0v) is 14.2. The number of thioether (sulfide) groups is 1. The van der Waals surface area contributed by atoms with E-state index in [9.17, 15) is 4.79 Å². The van der Waals surface area contributed by atoms with Crippen molar-refractivity contribution in [1.29, 1.82) is 0 Å². The van der Waals surface area contributed by atoms with Crippen molar-refractivity contribution in [2.45, 2.75) is 44.9 Å². The maximum absolute atomic E-state index is 11.9. The molecule has 0 bridgehead atoms. The average molecular weight is 313 g/mol. The van der Waals surface area contributed by atoms with Crippen LogP contribution in [-0.4, -0.2) is 21.9 Å². The minimum absolute atomic E-state index is 0.0122. The Bertz CT molecular complexity index is 452. The molecule has 1 atom stereocenters. The molecule has 0 aromatic carbocycles. The van der Waals surface area contributed by atoms with Crippen LogP contribution in [0.2, 0.25) is 0 Å². The van der Waals surface area contributed by atoms with Crippen LogP contribution >= 0.6 is 23.1 Å². The van der Waals surface area contributed by atoms with Gasteiger partial charge in [-0.25, -0.2) is 0 Å². The quantitative estimate of drug-likeness (QED) is 0.465. The summed E-state index contributed by atoms with van der Waals surface area (Å²) in [4.78, 5) is 11.9. The van der Waals surface area contributed by atoms with Gasteiger partial charge >= 0.3 is 0 Å². The Hall–Kier alpha value is -0.880. The Morgan fingerprint density at radius 1 is 1.50 bits per heavy atom. The van der Waals surface area contributed by atoms with Gasteiger partial charge in [-0.3, -0.25) is 4.79 Å². The molecule has 112 valence electrons. The summed E-state index contributed by atoms with van der Waals surface area (Å²) in [6.45, 7) is 12.3. The Balaban J connectivity index is 2.42. The average Bonchev–Trinajstić information content (AvgIpc) is 2.70. The van der Waals surface area contributed by atoms with Crippen LogP contribution in [0.15, 0.2) is 17.0 Å². The fourth-order valence-corrected chi connectivity index (χ4v) is 3.58. The van der Waals surface area contributed by atoms with Gasteiger partial charge < -0.3 is 5.32 Å². The van der Waals surface area contributed by atoms with Crippen LogP contribution in [0.25, 0.3) is 0 Å². The minimum Gasteiger partial charge on any atom is -0.300 e. The van der Waals surface area contributed by atoms with Crippen LogP contribution in [0.4, 0.5) is 5.13 Å². The van der Waals surface area contributed by atoms with E-state index in [1.54, 1.807) is 11.8 Å². The van der Waals surface area contributed by atoms with Gasteiger partial charge in [0.1, 0.15) is 0 Å². The lowest BCUT2D eigenvalue weighted by atomic mass is 9.84. The van der Waals surface area contributed by atoms with Crippen LogP contribution in [0.1, 0.15) is 40.5 Å². The predicted octanol–water partition coefficient (Wildman–Crippen LogP) is 4.22. The number of anilines is 1. The summed E-state index contributed by atoms with van der Waals surface area (Å²) >= 11 is 2.97. The van der Waals surface area contributed by atoms with Crippen molar-refractivity contribution in [3.05, 3.63) is 12.7 Å². The standard InChI is InChI=1S/C14H23N3OS2/c1-6-7-19-13-17-16-12(20-13)15-11(18)8-10(2)9-14(3,4)5/h6,10H,1,7-9H2,2-5H3,(H,15,16,18)/t10-/m1/s1. The van der Waals surface area contributed by atoms with E-state index in [0.29, 0.717) is 17.5 Å². The number of carbonyl (C=O) groups is 1. The van der Waals surface area contributed by atoms with Gasteiger partial charge in [0.15, 0.2) is 4.34 Å². The second kappa shape index (κ2) is 7.78. The molecule has 4 nitrogen and oxygen atoms in total. The molecule has 1 aromatic heterocycles. The molecule has 0 fully saturated rings. The molecule has 6 heteroatoms. The predicted molar refractivity (Wildman–Crippen MR) is 87.3 cm³/mol. The van der Waals surface area contributed by atoms with Crippen molar-refractivity contribution < 1.29 is 4.79 Å². The monoisotopic (exact) mass is 313 g/mol. The molecular formula is C14H23N3OS2. The first kappa shape index (κ1) is 17.2. The van der Waals surface area contributed by atoms with Gasteiger partial charge in [-0.2, -0.15) is 0 Å². The lowest BCUT2D eigenvalue weighted by molar-refractivity contribution is -0.117. The topological polar surface area (TPSA) is 54.9 Å². The Morgan fingerprint density at radius 3 is 2.80 bits per heavy atom. The molecule has 1 heterocycles. The third-order valence-electron chi connectivity index (χ3n) is 2.47. The smallest absolute Gasteiger partial charge is 0.226 e. The van der Waals surface area contributed by atoms with Gasteiger partial charge in [0.05, 0.1) is 0 Å². The van der Waals surface area contributed by atoms with Crippen LogP contribution in [0.3, 0.4) is 0 Å². The zero-order chi connectivity index (χ0) is 15.2. The lowest BCUT2D eigenvalue weighted by Crippen LogP contribution is -2.18. The maximum Gasteiger partial charge on any atom is 0.226 e. The molecule has 0 saturated heterocycles. The summed E-state index contributed by atoms with van der Waals surface area (Å²) in [5, 5.41) is 11.4. The number of nitrogens with one attached hydrogen (secondary N) is 1. The Kier molecular flexibility index (Phi) is 6.68. The first-order chi connectivity index (χ1) is 9.30. The molecule has 0 saturated carbocycles. The van der Waals surface area contributed by atoms with Crippen LogP contribution in [-0.2, 0) is 4.79 Å². The van der Waals surface area contributed by atoms with E-state index in [1.807, 2.05) is 6.08 Å². The molecular weight excluding hydrogens is 290 g/mol. The highest BCUT2D eigenvalue weighted by Crippen LogP contribution is 2.27. The van der Waals surface area contributed by atoms with Crippen molar-refractivity contribution in [3.63, 3.8) is 0 Å². The molecule has 0 radical (unpaired) electrons. The molecule has 1 rings (SSSR count). The Morgan fingerprint density at radius 2 is 2.20 bits per heavy atom. The molecule has 0 aliphatic rings. The van der Waals surface area contributed by atoms with Crippen molar-refractivity contribution in [1.82, 2.24) is 10.2 Å². The SMILES string of the molecule is C=CCSc1nnc(NC(=O)C[C@@H](C)CC(C)(C)C)s1. The van der Waals surface area contributed by atoms with Gasteiger partial charge in [0, 0.05) is 12.2 Å². The summed E-state index contributed by atoms with van der Waals surface area (Å²) in [6.07, 6.45) is 3.36. The number of rotatable bonds is 7. The summed E-state index contributed by atoms with van der Waals surface area (Å²) in [7, 11) is 0. The molecule has 0 unspecified atom stereocenters. The molecule has 0 aliphatic heterocycles.